The summed E-state index contributed by atoms with van der Waals surface area (Å²) in [5.74, 6) is 2.61. The molecule has 1 fully saturated rings. The minimum atomic E-state index is 0.338. The van der Waals surface area contributed by atoms with Crippen molar-refractivity contribution in [1.82, 2.24) is 30.1 Å². The molecule has 8 nitrogen and oxygen atoms in total. The maximum absolute atomic E-state index is 4.62. The summed E-state index contributed by atoms with van der Waals surface area (Å²) in [7, 11) is 0. The van der Waals surface area contributed by atoms with Gasteiger partial charge in [0, 0.05) is 37.5 Å². The fourth-order valence-corrected chi connectivity index (χ4v) is 3.29. The molecule has 1 saturated heterocycles. The molecule has 0 bridgehead atoms. The van der Waals surface area contributed by atoms with Crippen LogP contribution in [0.2, 0.25) is 0 Å². The fraction of sp³-hybridized carbons (Fsp3) is 0.333. The predicted molar refractivity (Wildman–Crippen MR) is 91.6 cm³/mol. The molecule has 1 aliphatic heterocycles. The van der Waals surface area contributed by atoms with Gasteiger partial charge in [0.25, 0.3) is 0 Å². The molecule has 0 spiro atoms. The molecule has 0 aliphatic carbocycles. The van der Waals surface area contributed by atoms with Crippen molar-refractivity contribution in [3.05, 3.63) is 41.6 Å². The lowest BCUT2D eigenvalue weighted by molar-refractivity contribution is 0.732. The minimum absolute atomic E-state index is 0.338. The van der Waals surface area contributed by atoms with Gasteiger partial charge in [-0.3, -0.25) is 0 Å². The Morgan fingerprint density at radius 3 is 2.92 bits per heavy atom. The van der Waals surface area contributed by atoms with Crippen LogP contribution in [0, 0.1) is 6.92 Å². The lowest BCUT2D eigenvalue weighted by atomic mass is 10.0. The van der Waals surface area contributed by atoms with Gasteiger partial charge in [-0.05, 0) is 19.4 Å². The maximum atomic E-state index is 4.62. The molecule has 24 heavy (non-hydrogen) atoms. The summed E-state index contributed by atoms with van der Waals surface area (Å²) in [6.07, 6.45) is 4.57. The number of rotatable bonds is 4. The van der Waals surface area contributed by atoms with Crippen LogP contribution in [-0.4, -0.2) is 43.2 Å². The third-order valence-electron chi connectivity index (χ3n) is 3.89. The predicted octanol–water partition coefficient (Wildman–Crippen LogP) is 2.16. The Morgan fingerprint density at radius 2 is 2.12 bits per heavy atom. The normalized spacial score (nSPS) is 17.2. The molecule has 122 valence electrons. The quantitative estimate of drug-likeness (QED) is 0.772. The van der Waals surface area contributed by atoms with Gasteiger partial charge in [0.1, 0.15) is 17.2 Å². The van der Waals surface area contributed by atoms with Crippen LogP contribution in [0.5, 0.6) is 0 Å². The highest BCUT2D eigenvalue weighted by molar-refractivity contribution is 7.13. The van der Waals surface area contributed by atoms with Crippen LogP contribution >= 0.6 is 11.3 Å². The highest BCUT2D eigenvalue weighted by Gasteiger charge is 2.27. The fourth-order valence-electron chi connectivity index (χ4n) is 2.84. The molecule has 1 aliphatic rings. The number of nitrogens with one attached hydrogen (secondary N) is 1. The average molecular weight is 340 g/mol. The summed E-state index contributed by atoms with van der Waals surface area (Å²) in [5, 5.41) is 11.7. The summed E-state index contributed by atoms with van der Waals surface area (Å²) in [6, 6.07) is 3.82. The molecular weight excluding hydrogens is 324 g/mol. The van der Waals surface area contributed by atoms with E-state index < -0.39 is 0 Å². The molecular formula is C15H16N8S. The Labute approximate surface area is 143 Å². The highest BCUT2D eigenvalue weighted by atomic mass is 32.1. The number of hydrogen-bond acceptors (Lipinski definition) is 9. The minimum Gasteiger partial charge on any atom is -0.340 e. The van der Waals surface area contributed by atoms with E-state index in [0.717, 1.165) is 47.9 Å². The lowest BCUT2D eigenvalue weighted by Gasteiger charge is -2.16. The van der Waals surface area contributed by atoms with Crippen molar-refractivity contribution in [3.63, 3.8) is 0 Å². The number of aromatic nitrogens is 6. The van der Waals surface area contributed by atoms with Gasteiger partial charge in [-0.15, -0.1) is 10.2 Å². The number of nitrogens with zero attached hydrogens (tertiary/aromatic N) is 7. The first-order chi connectivity index (χ1) is 11.8. The van der Waals surface area contributed by atoms with Crippen LogP contribution < -0.4 is 10.2 Å². The van der Waals surface area contributed by atoms with Crippen LogP contribution in [0.3, 0.4) is 0 Å². The standard InChI is InChI=1S/C15H16N8S/c1-10-19-12(7-13(20-10)21-15-22-18-9-24-15)11-3-6-23(8-11)14-16-4-2-5-17-14/h2,4-5,7,9,11H,3,6,8H2,1H3,(H,19,20,21,22). The first kappa shape index (κ1) is 14.9. The molecule has 0 saturated carbocycles. The van der Waals surface area contributed by atoms with Gasteiger partial charge in [0.15, 0.2) is 0 Å². The highest BCUT2D eigenvalue weighted by Crippen LogP contribution is 2.29. The van der Waals surface area contributed by atoms with Crippen molar-refractivity contribution >= 4 is 28.2 Å². The summed E-state index contributed by atoms with van der Waals surface area (Å²) < 4.78 is 0. The Kier molecular flexibility index (Phi) is 3.99. The van der Waals surface area contributed by atoms with Gasteiger partial charge in [-0.25, -0.2) is 19.9 Å². The van der Waals surface area contributed by atoms with Crippen molar-refractivity contribution in [2.45, 2.75) is 19.3 Å². The average Bonchev–Trinajstić information content (AvgIpc) is 3.27. The Hall–Kier alpha value is -2.68. The van der Waals surface area contributed by atoms with E-state index in [1.165, 1.54) is 11.3 Å². The molecule has 0 aromatic carbocycles. The third-order valence-corrected chi connectivity index (χ3v) is 4.50. The summed E-state index contributed by atoms with van der Waals surface area (Å²) >= 11 is 1.44. The van der Waals surface area contributed by atoms with Gasteiger partial charge in [-0.1, -0.05) is 11.3 Å². The Bertz CT molecular complexity index is 808. The SMILES string of the molecule is Cc1nc(Nc2nncs2)cc(C2CCN(c3ncccn3)C2)n1. The van der Waals surface area contributed by atoms with Crippen LogP contribution in [0.1, 0.15) is 23.9 Å². The second-order valence-corrected chi connectivity index (χ2v) is 6.41. The number of hydrogen-bond donors (Lipinski definition) is 1. The molecule has 0 radical (unpaired) electrons. The van der Waals surface area contributed by atoms with Crippen molar-refractivity contribution in [2.75, 3.05) is 23.3 Å². The van der Waals surface area contributed by atoms with Crippen molar-refractivity contribution in [3.8, 4) is 0 Å². The van der Waals surface area contributed by atoms with Crippen molar-refractivity contribution < 1.29 is 0 Å². The van der Waals surface area contributed by atoms with Crippen molar-refractivity contribution in [1.29, 1.82) is 0 Å². The molecule has 1 N–H and O–H groups in total. The molecule has 3 aromatic heterocycles. The van der Waals surface area contributed by atoms with Crippen LogP contribution in [0.15, 0.2) is 30.0 Å². The first-order valence-corrected chi connectivity index (χ1v) is 8.56. The zero-order valence-electron chi connectivity index (χ0n) is 13.1. The van der Waals surface area contributed by atoms with Gasteiger partial charge in [0.05, 0.1) is 5.69 Å². The van der Waals surface area contributed by atoms with Gasteiger partial charge in [0.2, 0.25) is 11.1 Å². The molecule has 3 aromatic rings. The van der Waals surface area contributed by atoms with Gasteiger partial charge < -0.3 is 10.2 Å². The number of aryl methyl sites for hydroxylation is 1. The maximum Gasteiger partial charge on any atom is 0.225 e. The van der Waals surface area contributed by atoms with E-state index in [-0.39, 0.29) is 0 Å². The van der Waals surface area contributed by atoms with E-state index in [1.54, 1.807) is 17.9 Å². The Balaban J connectivity index is 1.53. The second kappa shape index (κ2) is 6.44. The molecule has 1 atom stereocenters. The van der Waals surface area contributed by atoms with E-state index >= 15 is 0 Å². The molecule has 1 unspecified atom stereocenters. The van der Waals surface area contributed by atoms with Gasteiger partial charge >= 0.3 is 0 Å². The first-order valence-electron chi connectivity index (χ1n) is 7.68. The number of anilines is 3. The van der Waals surface area contributed by atoms with E-state index in [9.17, 15) is 0 Å². The zero-order chi connectivity index (χ0) is 16.4. The zero-order valence-corrected chi connectivity index (χ0v) is 13.9. The van der Waals surface area contributed by atoms with E-state index in [4.69, 9.17) is 0 Å². The summed E-state index contributed by atoms with van der Waals surface area (Å²) in [6.45, 7) is 3.69. The second-order valence-electron chi connectivity index (χ2n) is 5.57. The molecule has 4 heterocycles. The molecule has 9 heteroatoms. The molecule has 0 amide bonds. The van der Waals surface area contributed by atoms with Crippen LogP contribution in [0.25, 0.3) is 0 Å². The summed E-state index contributed by atoms with van der Waals surface area (Å²) in [4.78, 5) is 19.9. The van der Waals surface area contributed by atoms with Crippen LogP contribution in [-0.2, 0) is 0 Å². The largest absolute Gasteiger partial charge is 0.340 e. The van der Waals surface area contributed by atoms with Gasteiger partial charge in [-0.2, -0.15) is 0 Å². The lowest BCUT2D eigenvalue weighted by Crippen LogP contribution is -2.21. The van der Waals surface area contributed by atoms with Crippen molar-refractivity contribution in [2.24, 2.45) is 0 Å². The van der Waals surface area contributed by atoms with E-state index in [0.29, 0.717) is 5.92 Å². The monoisotopic (exact) mass is 340 g/mol. The van der Waals surface area contributed by atoms with Crippen LogP contribution in [0.4, 0.5) is 16.9 Å². The smallest absolute Gasteiger partial charge is 0.225 e. The summed E-state index contributed by atoms with van der Waals surface area (Å²) in [5.41, 5.74) is 2.72. The van der Waals surface area contributed by atoms with E-state index in [2.05, 4.69) is 40.3 Å². The van der Waals surface area contributed by atoms with E-state index in [1.807, 2.05) is 19.1 Å². The molecule has 4 rings (SSSR count). The third kappa shape index (κ3) is 3.16. The Morgan fingerprint density at radius 1 is 1.25 bits per heavy atom. The topological polar surface area (TPSA) is 92.6 Å².